The second kappa shape index (κ2) is 7.31. The molecule has 0 radical (unpaired) electrons. The zero-order chi connectivity index (χ0) is 17.7. The van der Waals surface area contributed by atoms with E-state index < -0.39 is 20.4 Å². The SMILES string of the molecule is CC(CNc1ccc([N+](=O)[O-])c(S(C)(=O)=O)c1)Oc1ccccc1. The van der Waals surface area contributed by atoms with Crippen LogP contribution in [0.3, 0.4) is 0 Å². The third-order valence-corrected chi connectivity index (χ3v) is 4.36. The normalized spacial score (nSPS) is 12.4. The van der Waals surface area contributed by atoms with E-state index >= 15 is 0 Å². The highest BCUT2D eigenvalue weighted by atomic mass is 32.2. The summed E-state index contributed by atoms with van der Waals surface area (Å²) in [6.07, 6.45) is 0.768. The van der Waals surface area contributed by atoms with Crippen LogP contribution in [0.15, 0.2) is 53.4 Å². The van der Waals surface area contributed by atoms with Gasteiger partial charge in [0, 0.05) is 18.0 Å². The quantitative estimate of drug-likeness (QED) is 0.609. The Labute approximate surface area is 140 Å². The summed E-state index contributed by atoms with van der Waals surface area (Å²) >= 11 is 0. The number of hydrogen-bond acceptors (Lipinski definition) is 6. The lowest BCUT2D eigenvalue weighted by Crippen LogP contribution is -2.22. The average molecular weight is 350 g/mol. The summed E-state index contributed by atoms with van der Waals surface area (Å²) in [7, 11) is -3.70. The Kier molecular flexibility index (Phi) is 5.40. The van der Waals surface area contributed by atoms with E-state index in [1.165, 1.54) is 18.2 Å². The van der Waals surface area contributed by atoms with E-state index in [9.17, 15) is 18.5 Å². The van der Waals surface area contributed by atoms with Crippen LogP contribution in [0.25, 0.3) is 0 Å². The van der Waals surface area contributed by atoms with Crippen LogP contribution in [0.5, 0.6) is 5.75 Å². The number of ether oxygens (including phenoxy) is 1. The van der Waals surface area contributed by atoms with Gasteiger partial charge in [0.2, 0.25) is 0 Å². The monoisotopic (exact) mass is 350 g/mol. The van der Waals surface area contributed by atoms with Crippen molar-refractivity contribution in [3.8, 4) is 5.75 Å². The molecule has 0 aliphatic heterocycles. The Morgan fingerprint density at radius 2 is 1.88 bits per heavy atom. The lowest BCUT2D eigenvalue weighted by Gasteiger charge is -2.16. The highest BCUT2D eigenvalue weighted by Gasteiger charge is 2.22. The topological polar surface area (TPSA) is 98.5 Å². The third kappa shape index (κ3) is 4.69. The zero-order valence-electron chi connectivity index (χ0n) is 13.3. The van der Waals surface area contributed by atoms with Crippen LogP contribution in [0.2, 0.25) is 0 Å². The number of nitro benzene ring substituents is 1. The van der Waals surface area contributed by atoms with Crippen LogP contribution in [-0.2, 0) is 9.84 Å². The Bertz CT molecular complexity index is 822. The van der Waals surface area contributed by atoms with Crippen molar-refractivity contribution in [2.45, 2.75) is 17.9 Å². The van der Waals surface area contributed by atoms with E-state index in [0.29, 0.717) is 12.2 Å². The number of nitrogens with one attached hydrogen (secondary N) is 1. The molecule has 1 unspecified atom stereocenters. The van der Waals surface area contributed by atoms with Crippen molar-refractivity contribution >= 4 is 21.2 Å². The van der Waals surface area contributed by atoms with Gasteiger partial charge in [0.25, 0.3) is 5.69 Å². The second-order valence-corrected chi connectivity index (χ2v) is 7.32. The van der Waals surface area contributed by atoms with E-state index in [-0.39, 0.29) is 11.0 Å². The molecule has 7 nitrogen and oxygen atoms in total. The van der Waals surface area contributed by atoms with Gasteiger partial charge in [0.05, 0.1) is 11.5 Å². The van der Waals surface area contributed by atoms with E-state index in [4.69, 9.17) is 4.74 Å². The molecule has 0 spiro atoms. The van der Waals surface area contributed by atoms with Gasteiger partial charge >= 0.3 is 0 Å². The van der Waals surface area contributed by atoms with Crippen LogP contribution in [-0.4, -0.2) is 32.2 Å². The van der Waals surface area contributed by atoms with Crippen LogP contribution < -0.4 is 10.1 Å². The fourth-order valence-electron chi connectivity index (χ4n) is 2.11. The van der Waals surface area contributed by atoms with Crippen LogP contribution in [0.4, 0.5) is 11.4 Å². The van der Waals surface area contributed by atoms with Crippen LogP contribution >= 0.6 is 0 Å². The predicted octanol–water partition coefficient (Wildman–Crippen LogP) is 2.88. The van der Waals surface area contributed by atoms with Crippen molar-refractivity contribution in [3.05, 3.63) is 58.6 Å². The number of nitrogens with zero attached hydrogens (tertiary/aromatic N) is 1. The average Bonchev–Trinajstić information content (AvgIpc) is 2.52. The fraction of sp³-hybridized carbons (Fsp3) is 0.250. The Morgan fingerprint density at radius 1 is 1.21 bits per heavy atom. The molecule has 0 aromatic heterocycles. The molecule has 0 aliphatic carbocycles. The molecular weight excluding hydrogens is 332 g/mol. The summed E-state index contributed by atoms with van der Waals surface area (Å²) in [5.41, 5.74) is 0.0428. The molecule has 0 saturated carbocycles. The summed E-state index contributed by atoms with van der Waals surface area (Å²) in [4.78, 5) is 9.93. The first-order valence-electron chi connectivity index (χ1n) is 7.21. The van der Waals surface area contributed by atoms with Gasteiger partial charge in [-0.1, -0.05) is 18.2 Å². The highest BCUT2D eigenvalue weighted by molar-refractivity contribution is 7.90. The van der Waals surface area contributed by atoms with Gasteiger partial charge in [-0.15, -0.1) is 0 Å². The maximum absolute atomic E-state index is 11.7. The number of nitro groups is 1. The maximum atomic E-state index is 11.7. The van der Waals surface area contributed by atoms with Gasteiger partial charge in [-0.25, -0.2) is 8.42 Å². The van der Waals surface area contributed by atoms with E-state index in [2.05, 4.69) is 5.32 Å². The number of para-hydroxylation sites is 1. The fourth-order valence-corrected chi connectivity index (χ4v) is 2.97. The first-order chi connectivity index (χ1) is 11.3. The van der Waals surface area contributed by atoms with Crippen molar-refractivity contribution in [1.82, 2.24) is 0 Å². The minimum atomic E-state index is -3.70. The molecule has 0 bridgehead atoms. The molecule has 8 heteroatoms. The first-order valence-corrected chi connectivity index (χ1v) is 9.10. The Morgan fingerprint density at radius 3 is 2.46 bits per heavy atom. The van der Waals surface area contributed by atoms with Gasteiger partial charge in [-0.3, -0.25) is 10.1 Å². The number of sulfone groups is 1. The van der Waals surface area contributed by atoms with Crippen molar-refractivity contribution in [2.24, 2.45) is 0 Å². The van der Waals surface area contributed by atoms with Crippen LogP contribution in [0.1, 0.15) is 6.92 Å². The molecule has 1 atom stereocenters. The Balaban J connectivity index is 2.09. The predicted molar refractivity (Wildman–Crippen MR) is 91.2 cm³/mol. The molecule has 0 aliphatic rings. The lowest BCUT2D eigenvalue weighted by atomic mass is 10.2. The molecule has 0 heterocycles. The number of hydrogen-bond donors (Lipinski definition) is 1. The summed E-state index contributed by atoms with van der Waals surface area (Å²) < 4.78 is 29.2. The smallest absolute Gasteiger partial charge is 0.288 e. The summed E-state index contributed by atoms with van der Waals surface area (Å²) in [5.74, 6) is 0.729. The summed E-state index contributed by atoms with van der Waals surface area (Å²) in [6.45, 7) is 2.28. The van der Waals surface area contributed by atoms with Gasteiger partial charge in [0.15, 0.2) is 9.84 Å². The van der Waals surface area contributed by atoms with Crippen molar-refractivity contribution in [3.63, 3.8) is 0 Å². The van der Waals surface area contributed by atoms with Gasteiger partial charge < -0.3 is 10.1 Å². The van der Waals surface area contributed by atoms with Gasteiger partial charge in [-0.05, 0) is 31.2 Å². The highest BCUT2D eigenvalue weighted by Crippen LogP contribution is 2.27. The summed E-state index contributed by atoms with van der Waals surface area (Å²) in [6, 6.07) is 13.2. The number of anilines is 1. The first kappa shape index (κ1) is 17.7. The van der Waals surface area contributed by atoms with Crippen molar-refractivity contribution in [2.75, 3.05) is 18.1 Å². The van der Waals surface area contributed by atoms with E-state index in [0.717, 1.165) is 12.0 Å². The molecule has 128 valence electrons. The summed E-state index contributed by atoms with van der Waals surface area (Å²) in [5, 5.41) is 14.0. The Hall–Kier alpha value is -2.61. The lowest BCUT2D eigenvalue weighted by molar-refractivity contribution is -0.387. The largest absolute Gasteiger partial charge is 0.489 e. The molecule has 2 rings (SSSR count). The molecule has 0 fully saturated rings. The van der Waals surface area contributed by atoms with Crippen molar-refractivity contribution < 1.29 is 18.1 Å². The molecule has 2 aromatic rings. The zero-order valence-corrected chi connectivity index (χ0v) is 14.1. The molecule has 1 N–H and O–H groups in total. The molecule has 0 amide bonds. The van der Waals surface area contributed by atoms with E-state index in [1.807, 2.05) is 37.3 Å². The molecule has 24 heavy (non-hydrogen) atoms. The molecule has 2 aromatic carbocycles. The van der Waals surface area contributed by atoms with E-state index in [1.54, 1.807) is 0 Å². The second-order valence-electron chi connectivity index (χ2n) is 5.33. The number of benzene rings is 2. The third-order valence-electron chi connectivity index (χ3n) is 3.23. The van der Waals surface area contributed by atoms with Gasteiger partial charge in [-0.2, -0.15) is 0 Å². The van der Waals surface area contributed by atoms with Crippen LogP contribution in [0, 0.1) is 10.1 Å². The standard InChI is InChI=1S/C16H18N2O5S/c1-12(23-14-6-4-3-5-7-14)11-17-13-8-9-15(18(19)20)16(10-13)24(2,21)22/h3-10,12,17H,11H2,1-2H3. The van der Waals surface area contributed by atoms with Gasteiger partial charge in [0.1, 0.15) is 16.7 Å². The number of rotatable bonds is 7. The maximum Gasteiger partial charge on any atom is 0.288 e. The van der Waals surface area contributed by atoms with Crippen molar-refractivity contribution in [1.29, 1.82) is 0 Å². The minimum Gasteiger partial charge on any atom is -0.489 e. The molecular formula is C16H18N2O5S. The minimum absolute atomic E-state index is 0.177. The molecule has 0 saturated heterocycles.